The lowest BCUT2D eigenvalue weighted by Gasteiger charge is -2.28. The van der Waals surface area contributed by atoms with Crippen molar-refractivity contribution in [3.8, 4) is 27.9 Å². The number of rotatable bonds is 5. The van der Waals surface area contributed by atoms with Gasteiger partial charge in [-0.3, -0.25) is 0 Å². The van der Waals surface area contributed by atoms with Crippen molar-refractivity contribution in [2.75, 3.05) is 4.90 Å². The summed E-state index contributed by atoms with van der Waals surface area (Å²) < 4.78 is 5.12. The van der Waals surface area contributed by atoms with Crippen LogP contribution >= 0.6 is 11.3 Å². The van der Waals surface area contributed by atoms with Crippen molar-refractivity contribution < 1.29 is 0 Å². The first-order valence-electron chi connectivity index (χ1n) is 18.7. The lowest BCUT2D eigenvalue weighted by atomic mass is 9.82. The van der Waals surface area contributed by atoms with Crippen LogP contribution in [0.2, 0.25) is 0 Å². The maximum atomic E-state index is 2.47. The predicted molar refractivity (Wildman–Crippen MR) is 231 cm³/mol. The Balaban J connectivity index is 1.08. The van der Waals surface area contributed by atoms with Crippen LogP contribution in [-0.2, 0) is 5.41 Å². The number of para-hydroxylation sites is 1. The molecule has 1 aliphatic carbocycles. The maximum absolute atomic E-state index is 2.47. The van der Waals surface area contributed by atoms with Gasteiger partial charge in [-0.1, -0.05) is 135 Å². The van der Waals surface area contributed by atoms with E-state index in [0.717, 1.165) is 22.7 Å². The molecular formula is C51H36N2S. The van der Waals surface area contributed by atoms with E-state index in [0.29, 0.717) is 0 Å². The fourth-order valence-corrected chi connectivity index (χ4v) is 10.2. The van der Waals surface area contributed by atoms with Gasteiger partial charge in [-0.15, -0.1) is 11.3 Å². The third-order valence-electron chi connectivity index (χ3n) is 11.6. The van der Waals surface area contributed by atoms with Crippen LogP contribution in [0.15, 0.2) is 182 Å². The Morgan fingerprint density at radius 3 is 1.89 bits per heavy atom. The molecule has 11 rings (SSSR count). The van der Waals surface area contributed by atoms with Gasteiger partial charge in [0.1, 0.15) is 0 Å². The highest BCUT2D eigenvalue weighted by molar-refractivity contribution is 7.26. The van der Waals surface area contributed by atoms with Gasteiger partial charge in [0.05, 0.1) is 15.7 Å². The first-order chi connectivity index (χ1) is 26.5. The highest BCUT2D eigenvalue weighted by Gasteiger charge is 2.35. The van der Waals surface area contributed by atoms with Gasteiger partial charge in [-0.2, -0.15) is 0 Å². The Kier molecular flexibility index (Phi) is 6.80. The van der Waals surface area contributed by atoms with Gasteiger partial charge < -0.3 is 9.47 Å². The van der Waals surface area contributed by atoms with E-state index in [-0.39, 0.29) is 5.41 Å². The molecule has 0 spiro atoms. The second-order valence-electron chi connectivity index (χ2n) is 15.0. The molecule has 0 saturated carbocycles. The van der Waals surface area contributed by atoms with Gasteiger partial charge in [0, 0.05) is 54.4 Å². The predicted octanol–water partition coefficient (Wildman–Crippen LogP) is 14.6. The monoisotopic (exact) mass is 708 g/mol. The second-order valence-corrected chi connectivity index (χ2v) is 16.0. The van der Waals surface area contributed by atoms with E-state index in [1.54, 1.807) is 0 Å². The molecule has 256 valence electrons. The van der Waals surface area contributed by atoms with E-state index in [2.05, 4.69) is 205 Å². The van der Waals surface area contributed by atoms with E-state index in [9.17, 15) is 0 Å². The normalized spacial score (nSPS) is 13.1. The molecule has 2 nitrogen and oxygen atoms in total. The van der Waals surface area contributed by atoms with Crippen molar-refractivity contribution in [2.24, 2.45) is 0 Å². The van der Waals surface area contributed by atoms with E-state index in [4.69, 9.17) is 0 Å². The standard InChI is InChI=1S/C51H36N2S/c1-51(2)45-17-9-6-14-39(45)40-29-28-38(32-46(40)51)52(35-22-20-34(21-23-35)33-12-4-3-5-13-33)36-24-26-37(27-25-36)53-47-18-10-7-15-41(47)43-30-31-44-42-16-8-11-19-48(42)54-50(44)49(43)53/h3-32H,1-2H3. The van der Waals surface area contributed by atoms with Crippen LogP contribution in [0.5, 0.6) is 0 Å². The van der Waals surface area contributed by atoms with Crippen LogP contribution in [-0.4, -0.2) is 4.57 Å². The molecule has 54 heavy (non-hydrogen) atoms. The zero-order valence-corrected chi connectivity index (χ0v) is 30.9. The van der Waals surface area contributed by atoms with Crippen molar-refractivity contribution in [3.05, 3.63) is 193 Å². The summed E-state index contributed by atoms with van der Waals surface area (Å²) >= 11 is 1.89. The molecule has 0 saturated heterocycles. The molecule has 8 aromatic carbocycles. The van der Waals surface area contributed by atoms with Crippen molar-refractivity contribution in [1.82, 2.24) is 4.57 Å². The van der Waals surface area contributed by atoms with Crippen molar-refractivity contribution in [2.45, 2.75) is 19.3 Å². The largest absolute Gasteiger partial charge is 0.310 e. The number of hydrogen-bond acceptors (Lipinski definition) is 2. The summed E-state index contributed by atoms with van der Waals surface area (Å²) in [6.07, 6.45) is 0. The first kappa shape index (κ1) is 31.1. The third-order valence-corrected chi connectivity index (χ3v) is 12.8. The van der Waals surface area contributed by atoms with Crippen LogP contribution in [0.1, 0.15) is 25.0 Å². The smallest absolute Gasteiger partial charge is 0.0719 e. The average molecular weight is 709 g/mol. The summed E-state index contributed by atoms with van der Waals surface area (Å²) in [5, 5.41) is 5.20. The van der Waals surface area contributed by atoms with Gasteiger partial charge in [0.25, 0.3) is 0 Å². The zero-order valence-electron chi connectivity index (χ0n) is 30.1. The Morgan fingerprint density at radius 1 is 0.463 bits per heavy atom. The van der Waals surface area contributed by atoms with E-state index in [1.807, 2.05) is 11.3 Å². The van der Waals surface area contributed by atoms with Gasteiger partial charge in [-0.05, 0) is 94.0 Å². The first-order valence-corrected chi connectivity index (χ1v) is 19.5. The minimum absolute atomic E-state index is 0.0942. The topological polar surface area (TPSA) is 8.17 Å². The molecule has 3 heteroatoms. The van der Waals surface area contributed by atoms with E-state index >= 15 is 0 Å². The van der Waals surface area contributed by atoms with Crippen LogP contribution < -0.4 is 4.90 Å². The molecule has 0 aliphatic heterocycles. The van der Waals surface area contributed by atoms with Gasteiger partial charge in [0.2, 0.25) is 0 Å². The van der Waals surface area contributed by atoms with Gasteiger partial charge in [0.15, 0.2) is 0 Å². The summed E-state index contributed by atoms with van der Waals surface area (Å²) in [4.78, 5) is 2.41. The van der Waals surface area contributed by atoms with Crippen LogP contribution in [0.3, 0.4) is 0 Å². The Labute approximate surface area is 318 Å². The molecule has 2 heterocycles. The van der Waals surface area contributed by atoms with Crippen LogP contribution in [0.25, 0.3) is 69.9 Å². The van der Waals surface area contributed by atoms with Crippen molar-refractivity contribution in [1.29, 1.82) is 0 Å². The summed E-state index contributed by atoms with van der Waals surface area (Å²) in [6.45, 7) is 4.71. The Morgan fingerprint density at radius 2 is 1.07 bits per heavy atom. The van der Waals surface area contributed by atoms with Gasteiger partial charge in [-0.25, -0.2) is 0 Å². The van der Waals surface area contributed by atoms with Crippen LogP contribution in [0.4, 0.5) is 17.1 Å². The second kappa shape index (κ2) is 11.8. The molecule has 0 radical (unpaired) electrons. The highest BCUT2D eigenvalue weighted by atomic mass is 32.1. The lowest BCUT2D eigenvalue weighted by molar-refractivity contribution is 0.660. The molecule has 0 unspecified atom stereocenters. The zero-order chi connectivity index (χ0) is 36.0. The SMILES string of the molecule is CC1(C)c2ccccc2-c2ccc(N(c3ccc(-c4ccccc4)cc3)c3ccc(-n4c5ccccc5c5ccc6c7ccccc7sc6c54)cc3)cc21. The summed E-state index contributed by atoms with van der Waals surface area (Å²) in [6, 6.07) is 67.0. The van der Waals surface area contributed by atoms with Crippen molar-refractivity contribution >= 4 is 70.4 Å². The number of benzene rings is 8. The fourth-order valence-electron chi connectivity index (χ4n) is 8.96. The average Bonchev–Trinajstić information content (AvgIpc) is 3.85. The highest BCUT2D eigenvalue weighted by Crippen LogP contribution is 2.51. The molecule has 0 N–H and O–H groups in total. The molecule has 0 bridgehead atoms. The molecule has 0 atom stereocenters. The molecule has 0 amide bonds. The third kappa shape index (κ3) is 4.58. The lowest BCUT2D eigenvalue weighted by Crippen LogP contribution is -2.16. The van der Waals surface area contributed by atoms with E-state index < -0.39 is 0 Å². The fraction of sp³-hybridized carbons (Fsp3) is 0.0588. The molecule has 2 aromatic heterocycles. The molecule has 1 aliphatic rings. The number of fused-ring (bicyclic) bond motifs is 10. The number of aromatic nitrogens is 1. The molecule has 10 aromatic rings. The molecule has 0 fully saturated rings. The summed E-state index contributed by atoms with van der Waals surface area (Å²) in [5.74, 6) is 0. The number of nitrogens with zero attached hydrogens (tertiary/aromatic N) is 2. The summed E-state index contributed by atoms with van der Waals surface area (Å²) in [5.41, 5.74) is 14.8. The quantitative estimate of drug-likeness (QED) is 0.173. The molecular weight excluding hydrogens is 673 g/mol. The Bertz CT molecular complexity index is 3060. The number of anilines is 3. The van der Waals surface area contributed by atoms with Crippen molar-refractivity contribution in [3.63, 3.8) is 0 Å². The maximum Gasteiger partial charge on any atom is 0.0719 e. The minimum Gasteiger partial charge on any atom is -0.310 e. The Hall–Kier alpha value is -6.42. The van der Waals surface area contributed by atoms with E-state index in [1.165, 1.54) is 75.4 Å². The van der Waals surface area contributed by atoms with Gasteiger partial charge >= 0.3 is 0 Å². The minimum atomic E-state index is -0.0942. The summed E-state index contributed by atoms with van der Waals surface area (Å²) in [7, 11) is 0. The number of hydrogen-bond donors (Lipinski definition) is 0. The number of thiophene rings is 1. The van der Waals surface area contributed by atoms with Crippen LogP contribution in [0, 0.1) is 0 Å².